The van der Waals surface area contributed by atoms with Crippen molar-refractivity contribution < 1.29 is 13.2 Å². The average molecular weight is 341 g/mol. The summed E-state index contributed by atoms with van der Waals surface area (Å²) in [5.41, 5.74) is 0.443. The second-order valence-corrected chi connectivity index (χ2v) is 5.21. The molecule has 0 spiro atoms. The van der Waals surface area contributed by atoms with E-state index in [-0.39, 0.29) is 5.56 Å². The lowest BCUT2D eigenvalue weighted by atomic mass is 10.0. The summed E-state index contributed by atoms with van der Waals surface area (Å²) in [7, 11) is 0. The molecule has 6 heteroatoms. The Bertz CT molecular complexity index is 777. The van der Waals surface area contributed by atoms with Gasteiger partial charge in [-0.05, 0) is 40.2 Å². The molecule has 0 aliphatic rings. The summed E-state index contributed by atoms with van der Waals surface area (Å²) in [6.45, 7) is 0. The Morgan fingerprint density at radius 2 is 1.80 bits per heavy atom. The minimum Gasteiger partial charge on any atom is -0.239 e. The van der Waals surface area contributed by atoms with Crippen LogP contribution < -0.4 is 0 Å². The Hall–Kier alpha value is -1.82. The lowest BCUT2D eigenvalue weighted by Crippen LogP contribution is -2.07. The zero-order chi connectivity index (χ0) is 14.3. The van der Waals surface area contributed by atoms with Gasteiger partial charge in [0.25, 0.3) is 0 Å². The van der Waals surface area contributed by atoms with Crippen molar-refractivity contribution in [2.24, 2.45) is 0 Å². The van der Waals surface area contributed by atoms with E-state index in [9.17, 15) is 13.2 Å². The normalized spacial score (nSPS) is 12.0. The van der Waals surface area contributed by atoms with Crippen molar-refractivity contribution >= 4 is 21.4 Å². The van der Waals surface area contributed by atoms with Gasteiger partial charge in [-0.2, -0.15) is 18.3 Å². The van der Waals surface area contributed by atoms with Crippen LogP contribution in [0.4, 0.5) is 13.2 Å². The number of halogens is 4. The van der Waals surface area contributed by atoms with Crippen molar-refractivity contribution in [1.82, 2.24) is 9.61 Å². The van der Waals surface area contributed by atoms with Gasteiger partial charge in [0.2, 0.25) is 0 Å². The molecule has 0 aliphatic carbocycles. The monoisotopic (exact) mass is 340 g/mol. The van der Waals surface area contributed by atoms with E-state index in [1.165, 1.54) is 12.1 Å². The fourth-order valence-electron chi connectivity index (χ4n) is 2.05. The minimum atomic E-state index is -4.40. The second-order valence-electron chi connectivity index (χ2n) is 4.29. The van der Waals surface area contributed by atoms with Gasteiger partial charge in [0.15, 0.2) is 0 Å². The first-order valence-electron chi connectivity index (χ1n) is 5.77. The molecule has 102 valence electrons. The van der Waals surface area contributed by atoms with Crippen molar-refractivity contribution in [3.05, 3.63) is 58.7 Å². The van der Waals surface area contributed by atoms with Crippen LogP contribution >= 0.6 is 15.9 Å². The highest BCUT2D eigenvalue weighted by molar-refractivity contribution is 9.10. The molecule has 0 atom stereocenters. The Balaban J connectivity index is 2.21. The van der Waals surface area contributed by atoms with Gasteiger partial charge >= 0.3 is 6.18 Å². The van der Waals surface area contributed by atoms with Gasteiger partial charge in [-0.1, -0.05) is 18.2 Å². The van der Waals surface area contributed by atoms with Gasteiger partial charge in [-0.3, -0.25) is 0 Å². The summed E-state index contributed by atoms with van der Waals surface area (Å²) in [5.74, 6) is 0. The molecule has 2 aromatic heterocycles. The Kier molecular flexibility index (Phi) is 3.05. The number of hydrogen-bond donors (Lipinski definition) is 0. The van der Waals surface area contributed by atoms with Crippen molar-refractivity contribution in [3.8, 4) is 11.3 Å². The highest BCUT2D eigenvalue weighted by Gasteiger charge is 2.33. The molecule has 2 nitrogen and oxygen atoms in total. The molecule has 20 heavy (non-hydrogen) atoms. The van der Waals surface area contributed by atoms with Crippen LogP contribution in [-0.4, -0.2) is 9.61 Å². The molecule has 1 aromatic carbocycles. The number of fused-ring (bicyclic) bond motifs is 1. The van der Waals surface area contributed by atoms with E-state index in [0.29, 0.717) is 5.69 Å². The first-order chi connectivity index (χ1) is 9.45. The molecule has 0 aliphatic heterocycles. The SMILES string of the molecule is FC(F)(F)c1ccccc1-c1cc2ccc(Br)cn2n1. The van der Waals surface area contributed by atoms with Gasteiger partial charge < -0.3 is 0 Å². The van der Waals surface area contributed by atoms with Crippen molar-refractivity contribution in [1.29, 1.82) is 0 Å². The lowest BCUT2D eigenvalue weighted by molar-refractivity contribution is -0.137. The Labute approximate surface area is 121 Å². The molecular formula is C14H8BrF3N2. The molecule has 0 N–H and O–H groups in total. The highest BCUT2D eigenvalue weighted by Crippen LogP contribution is 2.36. The van der Waals surface area contributed by atoms with E-state index in [1.54, 1.807) is 28.9 Å². The summed E-state index contributed by atoms with van der Waals surface area (Å²) in [6.07, 6.45) is -2.69. The summed E-state index contributed by atoms with van der Waals surface area (Å²) < 4.78 is 41.4. The van der Waals surface area contributed by atoms with Crippen LogP contribution in [0.2, 0.25) is 0 Å². The third-order valence-corrected chi connectivity index (χ3v) is 3.40. The molecule has 0 fully saturated rings. The van der Waals surface area contributed by atoms with Crippen LogP contribution in [0.25, 0.3) is 16.8 Å². The molecule has 3 aromatic rings. The van der Waals surface area contributed by atoms with E-state index in [4.69, 9.17) is 0 Å². The molecule has 0 amide bonds. The highest BCUT2D eigenvalue weighted by atomic mass is 79.9. The summed E-state index contributed by atoms with van der Waals surface area (Å²) >= 11 is 3.30. The first kappa shape index (κ1) is 13.2. The molecule has 0 saturated heterocycles. The third kappa shape index (κ3) is 2.31. The number of nitrogens with zero attached hydrogens (tertiary/aromatic N) is 2. The number of rotatable bonds is 1. The van der Waals surface area contributed by atoms with Crippen molar-refractivity contribution in [2.45, 2.75) is 6.18 Å². The summed E-state index contributed by atoms with van der Waals surface area (Å²) in [5, 5.41) is 4.20. The maximum Gasteiger partial charge on any atom is 0.417 e. The van der Waals surface area contributed by atoms with Crippen LogP contribution in [0, 0.1) is 0 Å². The maximum absolute atomic E-state index is 13.0. The largest absolute Gasteiger partial charge is 0.417 e. The first-order valence-corrected chi connectivity index (χ1v) is 6.56. The average Bonchev–Trinajstić information content (AvgIpc) is 2.80. The van der Waals surface area contributed by atoms with Crippen LogP contribution in [-0.2, 0) is 6.18 Å². The third-order valence-electron chi connectivity index (χ3n) is 2.93. The number of hydrogen-bond acceptors (Lipinski definition) is 1. The minimum absolute atomic E-state index is 0.0832. The van der Waals surface area contributed by atoms with Gasteiger partial charge in [0.1, 0.15) is 0 Å². The molecule has 0 bridgehead atoms. The molecule has 0 unspecified atom stereocenters. The van der Waals surface area contributed by atoms with E-state index >= 15 is 0 Å². The van der Waals surface area contributed by atoms with Crippen LogP contribution in [0.5, 0.6) is 0 Å². The fourth-order valence-corrected chi connectivity index (χ4v) is 2.37. The van der Waals surface area contributed by atoms with E-state index in [1.807, 2.05) is 6.07 Å². The zero-order valence-electron chi connectivity index (χ0n) is 10.0. The van der Waals surface area contributed by atoms with E-state index in [2.05, 4.69) is 21.0 Å². The van der Waals surface area contributed by atoms with Gasteiger partial charge in [0, 0.05) is 16.2 Å². The Morgan fingerprint density at radius 1 is 1.05 bits per heavy atom. The van der Waals surface area contributed by atoms with Crippen LogP contribution in [0.15, 0.2) is 53.1 Å². The zero-order valence-corrected chi connectivity index (χ0v) is 11.6. The predicted molar refractivity (Wildman–Crippen MR) is 73.3 cm³/mol. The summed E-state index contributed by atoms with van der Waals surface area (Å²) in [4.78, 5) is 0. The standard InChI is InChI=1S/C14H8BrF3N2/c15-9-5-6-10-7-13(19-20(10)8-9)11-3-1-2-4-12(11)14(16,17)18/h1-8H. The van der Waals surface area contributed by atoms with Gasteiger partial charge in [-0.15, -0.1) is 0 Å². The summed E-state index contributed by atoms with van der Waals surface area (Å²) in [6, 6.07) is 10.7. The molecule has 0 saturated carbocycles. The Morgan fingerprint density at radius 3 is 2.55 bits per heavy atom. The van der Waals surface area contributed by atoms with Crippen LogP contribution in [0.3, 0.4) is 0 Å². The predicted octanol–water partition coefficient (Wildman–Crippen LogP) is 4.78. The van der Waals surface area contributed by atoms with Gasteiger partial charge in [0.05, 0.1) is 16.8 Å². The lowest BCUT2D eigenvalue weighted by Gasteiger charge is -2.10. The smallest absolute Gasteiger partial charge is 0.239 e. The quantitative estimate of drug-likeness (QED) is 0.623. The number of pyridine rings is 1. The number of benzene rings is 1. The second kappa shape index (κ2) is 4.63. The van der Waals surface area contributed by atoms with E-state index < -0.39 is 11.7 Å². The topological polar surface area (TPSA) is 17.3 Å². The van der Waals surface area contributed by atoms with Crippen molar-refractivity contribution in [3.63, 3.8) is 0 Å². The van der Waals surface area contributed by atoms with Crippen molar-refractivity contribution in [2.75, 3.05) is 0 Å². The van der Waals surface area contributed by atoms with Crippen LogP contribution in [0.1, 0.15) is 5.56 Å². The number of aromatic nitrogens is 2. The molecule has 0 radical (unpaired) electrons. The fraction of sp³-hybridized carbons (Fsp3) is 0.0714. The number of alkyl halides is 3. The maximum atomic E-state index is 13.0. The van der Waals surface area contributed by atoms with Gasteiger partial charge in [-0.25, -0.2) is 4.52 Å². The molecular weight excluding hydrogens is 333 g/mol. The van der Waals surface area contributed by atoms with E-state index in [0.717, 1.165) is 16.1 Å². The molecule has 3 rings (SSSR count). The molecule has 2 heterocycles.